The van der Waals surface area contributed by atoms with Crippen molar-refractivity contribution in [3.05, 3.63) is 297 Å². The van der Waals surface area contributed by atoms with E-state index in [-0.39, 0.29) is 0 Å². The third kappa shape index (κ3) is 8.86. The molecule has 0 aromatic heterocycles. The van der Waals surface area contributed by atoms with Crippen LogP contribution in [0.15, 0.2) is 297 Å². The summed E-state index contributed by atoms with van der Waals surface area (Å²) in [5.74, 6) is 1.18. The summed E-state index contributed by atoms with van der Waals surface area (Å²) in [7, 11) is -3.49. The van der Waals surface area contributed by atoms with Crippen molar-refractivity contribution in [1.29, 1.82) is 0 Å². The Hall–Kier alpha value is -9.21. The molecular weight excluding hydrogens is 908 g/mol. The maximum absolute atomic E-state index is 16.2. The van der Waals surface area contributed by atoms with Crippen molar-refractivity contribution in [2.45, 2.75) is 0 Å². The highest BCUT2D eigenvalue weighted by molar-refractivity contribution is 7.85. The Labute approximate surface area is 426 Å². The first-order chi connectivity index (χ1) is 36.1. The summed E-state index contributed by atoms with van der Waals surface area (Å²) in [6, 6.07) is 102. The number of para-hydroxylation sites is 2. The van der Waals surface area contributed by atoms with E-state index < -0.39 is 7.14 Å². The van der Waals surface area contributed by atoms with Crippen LogP contribution in [0.25, 0.3) is 43.8 Å². The number of hydrogen-bond donors (Lipinski definition) is 0. The average Bonchev–Trinajstić information content (AvgIpc) is 3.47. The van der Waals surface area contributed by atoms with Crippen molar-refractivity contribution in [1.82, 2.24) is 0 Å². The molecule has 12 aromatic rings. The predicted molar refractivity (Wildman–Crippen MR) is 308 cm³/mol. The number of hydrogen-bond acceptors (Lipinski definition) is 4. The summed E-state index contributed by atoms with van der Waals surface area (Å²) in [6.07, 6.45) is 0. The molecule has 0 amide bonds. The molecule has 73 heavy (non-hydrogen) atoms. The molecule has 0 saturated carbocycles. The van der Waals surface area contributed by atoms with Gasteiger partial charge in [-0.25, -0.2) is 0 Å². The summed E-state index contributed by atoms with van der Waals surface area (Å²) < 4.78 is 23.1. The largest absolute Gasteiger partial charge is 0.457 e. The number of rotatable bonds is 13. The molecule has 0 bridgehead atoms. The molecular formula is C68H49N2O2P. The van der Waals surface area contributed by atoms with Crippen molar-refractivity contribution >= 4 is 78.7 Å². The van der Waals surface area contributed by atoms with Crippen molar-refractivity contribution in [2.75, 3.05) is 9.80 Å². The summed E-state index contributed by atoms with van der Waals surface area (Å²) in [5, 5.41) is 6.83. The Morgan fingerprint density at radius 1 is 0.301 bits per heavy atom. The normalized spacial score (nSPS) is 11.3. The molecule has 0 aliphatic rings. The minimum Gasteiger partial charge on any atom is -0.457 e. The lowest BCUT2D eigenvalue weighted by atomic mass is 10.0. The Morgan fingerprint density at radius 2 is 0.658 bits per heavy atom. The SMILES string of the molecule is O=P(c1ccccc1)(c1ccccc1)c1cc(-c2ccc(N(c3ccccc3)c3cccc4ccccc34)cc2)ccc1Oc1ccc(-c2ccc(N(c3ccccc3)c3cccc4ccccc34)cc2)cc1. The summed E-state index contributed by atoms with van der Waals surface area (Å²) in [6.45, 7) is 0. The lowest BCUT2D eigenvalue weighted by molar-refractivity contribution is 0.486. The van der Waals surface area contributed by atoms with Crippen LogP contribution < -0.4 is 30.5 Å². The number of fused-ring (bicyclic) bond motifs is 2. The van der Waals surface area contributed by atoms with Crippen LogP contribution in [0, 0.1) is 0 Å². The highest BCUT2D eigenvalue weighted by Gasteiger charge is 2.33. The molecule has 12 aromatic carbocycles. The molecule has 0 spiro atoms. The van der Waals surface area contributed by atoms with Gasteiger partial charge in [-0.15, -0.1) is 0 Å². The first-order valence-corrected chi connectivity index (χ1v) is 26.3. The van der Waals surface area contributed by atoms with Crippen LogP contribution in [0.2, 0.25) is 0 Å². The molecule has 0 aliphatic carbocycles. The van der Waals surface area contributed by atoms with Gasteiger partial charge in [0.25, 0.3) is 0 Å². The minimum atomic E-state index is -3.49. The van der Waals surface area contributed by atoms with Crippen molar-refractivity contribution < 1.29 is 9.30 Å². The second-order valence-electron chi connectivity index (χ2n) is 18.0. The van der Waals surface area contributed by atoms with E-state index in [9.17, 15) is 0 Å². The van der Waals surface area contributed by atoms with Crippen LogP contribution in [-0.4, -0.2) is 0 Å². The van der Waals surface area contributed by atoms with Crippen LogP contribution in [0.1, 0.15) is 0 Å². The van der Waals surface area contributed by atoms with Crippen LogP contribution >= 0.6 is 7.14 Å². The fourth-order valence-electron chi connectivity index (χ4n) is 10.00. The van der Waals surface area contributed by atoms with Gasteiger partial charge in [-0.05, 0) is 118 Å². The second kappa shape index (κ2) is 19.9. The van der Waals surface area contributed by atoms with Crippen molar-refractivity contribution in [3.8, 4) is 33.8 Å². The molecule has 12 rings (SSSR count). The third-order valence-corrected chi connectivity index (χ3v) is 16.7. The van der Waals surface area contributed by atoms with Gasteiger partial charge in [-0.2, -0.15) is 0 Å². The van der Waals surface area contributed by atoms with E-state index in [0.717, 1.165) is 67.0 Å². The van der Waals surface area contributed by atoms with Crippen LogP contribution in [-0.2, 0) is 4.57 Å². The zero-order valence-corrected chi connectivity index (χ0v) is 40.8. The zero-order chi connectivity index (χ0) is 49.0. The van der Waals surface area contributed by atoms with E-state index in [1.165, 1.54) is 21.5 Å². The zero-order valence-electron chi connectivity index (χ0n) is 39.9. The minimum absolute atomic E-state index is 0.536. The van der Waals surface area contributed by atoms with E-state index in [0.29, 0.717) is 16.8 Å². The Morgan fingerprint density at radius 3 is 1.12 bits per heavy atom. The van der Waals surface area contributed by atoms with Crippen LogP contribution in [0.5, 0.6) is 11.5 Å². The Balaban J connectivity index is 0.892. The monoisotopic (exact) mass is 956 g/mol. The standard InChI is InChI=1S/C68H49N2O2P/c71-73(61-27-9-3-10-28-61,62-29-11-4-12-30-62)68-49-55(52-37-44-59(45-38-52)70(57-25-7-2-8-26-57)66-34-18-22-54-20-14-16-32-64(54)66)41-48-67(68)72-60-46-39-51(40-47-60)50-35-42-58(43-36-50)69(56-23-5-1-6-24-56)65-33-17-21-53-19-13-15-31-63(53)65/h1-49H. The van der Waals surface area contributed by atoms with E-state index in [4.69, 9.17) is 4.74 Å². The molecule has 0 fully saturated rings. The second-order valence-corrected chi connectivity index (χ2v) is 20.8. The Bertz CT molecular complexity index is 3830. The summed E-state index contributed by atoms with van der Waals surface area (Å²) in [4.78, 5) is 4.62. The van der Waals surface area contributed by atoms with E-state index in [1.54, 1.807) is 0 Å². The van der Waals surface area contributed by atoms with Crippen molar-refractivity contribution in [3.63, 3.8) is 0 Å². The smallest absolute Gasteiger partial charge is 0.174 e. The fourth-order valence-corrected chi connectivity index (χ4v) is 12.8. The average molecular weight is 957 g/mol. The molecule has 0 unspecified atom stereocenters. The first-order valence-electron chi connectivity index (χ1n) is 24.6. The van der Waals surface area contributed by atoms with Gasteiger partial charge in [-0.3, -0.25) is 0 Å². The number of anilines is 6. The van der Waals surface area contributed by atoms with Crippen LogP contribution in [0.4, 0.5) is 34.1 Å². The maximum atomic E-state index is 16.2. The number of ether oxygens (including phenoxy) is 1. The van der Waals surface area contributed by atoms with Gasteiger partial charge in [0.2, 0.25) is 0 Å². The molecule has 5 heteroatoms. The van der Waals surface area contributed by atoms with Gasteiger partial charge in [0.1, 0.15) is 11.5 Å². The van der Waals surface area contributed by atoms with E-state index >= 15 is 4.57 Å². The third-order valence-electron chi connectivity index (χ3n) is 13.6. The summed E-state index contributed by atoms with van der Waals surface area (Å²) >= 11 is 0. The Kier molecular flexibility index (Phi) is 12.2. The summed E-state index contributed by atoms with van der Waals surface area (Å²) in [5.41, 5.74) is 10.5. The van der Waals surface area contributed by atoms with Gasteiger partial charge in [0.05, 0.1) is 16.7 Å². The predicted octanol–water partition coefficient (Wildman–Crippen LogP) is 17.7. The quantitative estimate of drug-likeness (QED) is 0.108. The number of nitrogens with zero attached hydrogens (tertiary/aromatic N) is 2. The molecule has 0 heterocycles. The topological polar surface area (TPSA) is 32.8 Å². The molecule has 0 saturated heterocycles. The molecule has 348 valence electrons. The molecule has 0 atom stereocenters. The first kappa shape index (κ1) is 45.0. The van der Waals surface area contributed by atoms with Crippen molar-refractivity contribution in [2.24, 2.45) is 0 Å². The fraction of sp³-hybridized carbons (Fsp3) is 0. The van der Waals surface area contributed by atoms with Crippen LogP contribution in [0.3, 0.4) is 0 Å². The molecule has 4 nitrogen and oxygen atoms in total. The van der Waals surface area contributed by atoms with E-state index in [2.05, 4.69) is 222 Å². The van der Waals surface area contributed by atoms with E-state index in [1.807, 2.05) is 84.9 Å². The lowest BCUT2D eigenvalue weighted by Gasteiger charge is -2.27. The van der Waals surface area contributed by atoms with Gasteiger partial charge in [0, 0.05) is 44.1 Å². The molecule has 0 aliphatic heterocycles. The lowest BCUT2D eigenvalue weighted by Crippen LogP contribution is -2.26. The number of benzene rings is 12. The van der Waals surface area contributed by atoms with Gasteiger partial charge < -0.3 is 19.1 Å². The van der Waals surface area contributed by atoms with Gasteiger partial charge >= 0.3 is 0 Å². The highest BCUT2D eigenvalue weighted by atomic mass is 31.2. The molecule has 0 radical (unpaired) electrons. The highest BCUT2D eigenvalue weighted by Crippen LogP contribution is 2.48. The maximum Gasteiger partial charge on any atom is 0.174 e. The van der Waals surface area contributed by atoms with Gasteiger partial charge in [0.15, 0.2) is 7.14 Å². The van der Waals surface area contributed by atoms with Gasteiger partial charge in [-0.1, -0.05) is 212 Å². The molecule has 0 N–H and O–H groups in total.